The Kier molecular flexibility index (Phi) is 7.63. The van der Waals surface area contributed by atoms with Crippen LogP contribution in [0.15, 0.2) is 49.4 Å². The van der Waals surface area contributed by atoms with Gasteiger partial charge in [0.15, 0.2) is 5.82 Å². The number of amides is 1. The number of halogens is 1. The van der Waals surface area contributed by atoms with E-state index >= 15 is 0 Å². The summed E-state index contributed by atoms with van der Waals surface area (Å²) in [5.74, 6) is 1.10. The molecule has 35 heavy (non-hydrogen) atoms. The van der Waals surface area contributed by atoms with Gasteiger partial charge >= 0.3 is 0 Å². The number of carbonyl (C=O) groups excluding carboxylic acids is 1. The second-order valence-electron chi connectivity index (χ2n) is 8.52. The van der Waals surface area contributed by atoms with Gasteiger partial charge in [-0.15, -0.1) is 11.3 Å². The Labute approximate surface area is 221 Å². The summed E-state index contributed by atoms with van der Waals surface area (Å²) in [5, 5.41) is 0.781. The lowest BCUT2D eigenvalue weighted by Crippen LogP contribution is -2.50. The smallest absolute Gasteiger partial charge is 0.252 e. The van der Waals surface area contributed by atoms with Crippen molar-refractivity contribution in [2.24, 2.45) is 0 Å². The Bertz CT molecular complexity index is 1320. The van der Waals surface area contributed by atoms with E-state index in [1.54, 1.807) is 17.0 Å². The number of thioether (sulfide) groups is 1. The molecule has 2 saturated heterocycles. The molecule has 2 aromatic heterocycles. The monoisotopic (exact) mass is 595 g/mol. The number of benzene rings is 1. The highest BCUT2D eigenvalue weighted by atomic mass is 79.9. The van der Waals surface area contributed by atoms with Gasteiger partial charge in [0.25, 0.3) is 10.0 Å². The number of piperidine rings is 1. The molecule has 0 unspecified atom stereocenters. The summed E-state index contributed by atoms with van der Waals surface area (Å²) in [6.07, 6.45) is 3.49. The van der Waals surface area contributed by atoms with Crippen LogP contribution in [0.5, 0.6) is 0 Å². The van der Waals surface area contributed by atoms with Crippen molar-refractivity contribution in [2.75, 3.05) is 49.9 Å². The maximum absolute atomic E-state index is 13.0. The molecule has 0 aliphatic carbocycles. The van der Waals surface area contributed by atoms with E-state index in [1.807, 2.05) is 24.3 Å². The van der Waals surface area contributed by atoms with Crippen molar-refractivity contribution < 1.29 is 13.2 Å². The van der Waals surface area contributed by atoms with Crippen LogP contribution >= 0.6 is 39.0 Å². The summed E-state index contributed by atoms with van der Waals surface area (Å²) in [6.45, 7) is 3.25. The topological polar surface area (TPSA) is 86.7 Å². The van der Waals surface area contributed by atoms with Gasteiger partial charge in [0.2, 0.25) is 5.91 Å². The van der Waals surface area contributed by atoms with Crippen molar-refractivity contribution in [2.45, 2.75) is 28.5 Å². The van der Waals surface area contributed by atoms with Crippen molar-refractivity contribution >= 4 is 71.8 Å². The molecule has 0 atom stereocenters. The van der Waals surface area contributed by atoms with Crippen molar-refractivity contribution in [1.82, 2.24) is 19.2 Å². The minimum Gasteiger partial charge on any atom is -0.354 e. The normalized spacial score (nSPS) is 17.7. The van der Waals surface area contributed by atoms with E-state index in [-0.39, 0.29) is 11.7 Å². The number of aromatic nitrogens is 2. The third-order valence-corrected chi connectivity index (χ3v) is 11.2. The number of anilines is 1. The third kappa shape index (κ3) is 5.51. The van der Waals surface area contributed by atoms with Crippen LogP contribution in [-0.4, -0.2) is 78.5 Å². The van der Waals surface area contributed by atoms with Crippen molar-refractivity contribution in [3.05, 3.63) is 40.2 Å². The van der Waals surface area contributed by atoms with Gasteiger partial charge in [-0.3, -0.25) is 4.79 Å². The molecule has 1 aromatic carbocycles. The molecule has 3 aromatic rings. The maximum Gasteiger partial charge on any atom is 0.252 e. The zero-order chi connectivity index (χ0) is 24.4. The molecule has 12 heteroatoms. The molecule has 5 rings (SSSR count). The highest BCUT2D eigenvalue weighted by molar-refractivity contribution is 9.11. The molecular formula is C23H26BrN5O3S3. The van der Waals surface area contributed by atoms with Crippen molar-refractivity contribution in [3.63, 3.8) is 0 Å². The molecule has 0 bridgehead atoms. The molecule has 2 aliphatic rings. The van der Waals surface area contributed by atoms with Crippen LogP contribution < -0.4 is 4.90 Å². The second kappa shape index (κ2) is 10.7. The minimum absolute atomic E-state index is 0.00883. The Morgan fingerprint density at radius 2 is 1.63 bits per heavy atom. The lowest BCUT2D eigenvalue weighted by molar-refractivity contribution is -0.129. The summed E-state index contributed by atoms with van der Waals surface area (Å²) in [7, 11) is -3.53. The summed E-state index contributed by atoms with van der Waals surface area (Å²) >= 11 is 5.95. The fourth-order valence-electron chi connectivity index (χ4n) is 4.35. The van der Waals surface area contributed by atoms with E-state index in [2.05, 4.69) is 20.8 Å². The third-order valence-electron chi connectivity index (χ3n) is 6.24. The number of rotatable bonds is 6. The first-order valence-corrected chi connectivity index (χ1v) is 15.6. The van der Waals surface area contributed by atoms with Gasteiger partial charge < -0.3 is 9.80 Å². The molecule has 0 N–H and O–H groups in total. The standard InChI is InChI=1S/C23H26BrN5O3S3/c24-19-8-9-21(34-19)35(31,32)29-14-12-27(13-15-29)20(30)16-33-23-22(28-10-4-1-5-11-28)25-17-6-2-3-7-18(17)26-23/h2-3,6-9H,1,4-5,10-16H2. The first-order valence-electron chi connectivity index (χ1n) is 11.6. The number of sulfonamides is 1. The molecule has 2 fully saturated rings. The van der Waals surface area contributed by atoms with E-state index in [4.69, 9.17) is 9.97 Å². The Morgan fingerprint density at radius 1 is 0.943 bits per heavy atom. The Morgan fingerprint density at radius 3 is 2.29 bits per heavy atom. The highest BCUT2D eigenvalue weighted by Crippen LogP contribution is 2.32. The summed E-state index contributed by atoms with van der Waals surface area (Å²) in [6, 6.07) is 11.2. The Balaban J connectivity index is 1.25. The minimum atomic E-state index is -3.53. The SMILES string of the molecule is O=C(CSc1nc2ccccc2nc1N1CCCCC1)N1CCN(S(=O)(=O)c2ccc(Br)s2)CC1. The molecular weight excluding hydrogens is 570 g/mol. The number of piperazine rings is 1. The number of hydrogen-bond donors (Lipinski definition) is 0. The van der Waals surface area contributed by atoms with Crippen LogP contribution in [0.3, 0.4) is 0 Å². The summed E-state index contributed by atoms with van der Waals surface area (Å²) < 4.78 is 28.3. The average molecular weight is 597 g/mol. The number of para-hydroxylation sites is 2. The summed E-state index contributed by atoms with van der Waals surface area (Å²) in [5.41, 5.74) is 1.68. The molecule has 8 nitrogen and oxygen atoms in total. The first-order chi connectivity index (χ1) is 16.9. The van der Waals surface area contributed by atoms with Gasteiger partial charge in [-0.05, 0) is 59.5 Å². The number of thiophene rings is 1. The van der Waals surface area contributed by atoms with Crippen LogP contribution in [0, 0.1) is 0 Å². The lowest BCUT2D eigenvalue weighted by atomic mass is 10.1. The average Bonchev–Trinajstić information content (AvgIpc) is 3.34. The molecule has 0 radical (unpaired) electrons. The van der Waals surface area contributed by atoms with Crippen LogP contribution in [0.25, 0.3) is 11.0 Å². The first kappa shape index (κ1) is 24.9. The maximum atomic E-state index is 13.0. The molecule has 1 amide bonds. The Hall–Kier alpha value is -1.73. The van der Waals surface area contributed by atoms with Gasteiger partial charge in [0.05, 0.1) is 20.6 Å². The predicted molar refractivity (Wildman–Crippen MR) is 144 cm³/mol. The molecule has 4 heterocycles. The van der Waals surface area contributed by atoms with Crippen molar-refractivity contribution in [1.29, 1.82) is 0 Å². The van der Waals surface area contributed by atoms with Crippen LogP contribution in [0.2, 0.25) is 0 Å². The highest BCUT2D eigenvalue weighted by Gasteiger charge is 2.31. The van der Waals surface area contributed by atoms with Crippen LogP contribution in [0.4, 0.5) is 5.82 Å². The van der Waals surface area contributed by atoms with Gasteiger partial charge in [-0.25, -0.2) is 18.4 Å². The van der Waals surface area contributed by atoms with E-state index in [9.17, 15) is 13.2 Å². The molecule has 0 saturated carbocycles. The molecule has 186 valence electrons. The fourth-order valence-corrected chi connectivity index (χ4v) is 8.84. The zero-order valence-electron chi connectivity index (χ0n) is 19.1. The van der Waals surface area contributed by atoms with E-state index in [0.717, 1.165) is 51.6 Å². The number of fused-ring (bicyclic) bond motifs is 1. The number of carbonyl (C=O) groups is 1. The largest absolute Gasteiger partial charge is 0.354 e. The fraction of sp³-hybridized carbons (Fsp3) is 0.435. The van der Waals surface area contributed by atoms with Gasteiger partial charge in [-0.2, -0.15) is 4.31 Å². The van der Waals surface area contributed by atoms with Crippen LogP contribution in [-0.2, 0) is 14.8 Å². The lowest BCUT2D eigenvalue weighted by Gasteiger charge is -2.33. The number of hydrogen-bond acceptors (Lipinski definition) is 8. The summed E-state index contributed by atoms with van der Waals surface area (Å²) in [4.78, 5) is 26.8. The second-order valence-corrected chi connectivity index (χ2v) is 14.1. The number of nitrogens with zero attached hydrogens (tertiary/aromatic N) is 5. The van der Waals surface area contributed by atoms with Gasteiger partial charge in [0, 0.05) is 39.3 Å². The van der Waals surface area contributed by atoms with Gasteiger partial charge in [-0.1, -0.05) is 23.9 Å². The van der Waals surface area contributed by atoms with E-state index in [0.29, 0.717) is 30.4 Å². The zero-order valence-corrected chi connectivity index (χ0v) is 23.1. The van der Waals surface area contributed by atoms with Crippen molar-refractivity contribution in [3.8, 4) is 0 Å². The molecule has 2 aliphatic heterocycles. The van der Waals surface area contributed by atoms with Gasteiger partial charge in [0.1, 0.15) is 9.24 Å². The van der Waals surface area contributed by atoms with E-state index in [1.165, 1.54) is 33.8 Å². The van der Waals surface area contributed by atoms with E-state index < -0.39 is 10.0 Å². The quantitative estimate of drug-likeness (QED) is 0.397. The molecule has 0 spiro atoms. The predicted octanol–water partition coefficient (Wildman–Crippen LogP) is 4.07. The van der Waals surface area contributed by atoms with Crippen LogP contribution in [0.1, 0.15) is 19.3 Å².